The van der Waals surface area contributed by atoms with E-state index in [1.54, 1.807) is 6.20 Å². The zero-order valence-electron chi connectivity index (χ0n) is 9.47. The number of amides is 1. The summed E-state index contributed by atoms with van der Waals surface area (Å²) in [7, 11) is 0. The third-order valence-corrected chi connectivity index (χ3v) is 2.12. The van der Waals surface area contributed by atoms with E-state index in [0.717, 1.165) is 6.42 Å². The Kier molecular flexibility index (Phi) is 3.44. The number of hydrogen-bond donors (Lipinski definition) is 2. The zero-order valence-corrected chi connectivity index (χ0v) is 9.47. The molecule has 2 heterocycles. The molecule has 0 atom stereocenters. The lowest BCUT2D eigenvalue weighted by Crippen LogP contribution is -2.11. The first-order valence-electron chi connectivity index (χ1n) is 5.43. The quantitative estimate of drug-likeness (QED) is 0.837. The molecule has 0 aliphatic carbocycles. The van der Waals surface area contributed by atoms with Crippen molar-refractivity contribution in [3.8, 4) is 11.5 Å². The van der Waals surface area contributed by atoms with Gasteiger partial charge in [0.15, 0.2) is 5.82 Å². The number of aromatic amines is 1. The van der Waals surface area contributed by atoms with Crippen molar-refractivity contribution in [2.45, 2.75) is 19.8 Å². The Labute approximate surface area is 98.5 Å². The van der Waals surface area contributed by atoms with Gasteiger partial charge in [-0.25, -0.2) is 0 Å². The second-order valence-corrected chi connectivity index (χ2v) is 3.52. The van der Waals surface area contributed by atoms with Crippen LogP contribution in [-0.4, -0.2) is 26.1 Å². The summed E-state index contributed by atoms with van der Waals surface area (Å²) in [5.74, 6) is 0.737. The molecule has 88 valence electrons. The lowest BCUT2D eigenvalue weighted by Gasteiger charge is -1.96. The van der Waals surface area contributed by atoms with E-state index in [-0.39, 0.29) is 11.9 Å². The van der Waals surface area contributed by atoms with E-state index in [1.165, 1.54) is 0 Å². The Bertz CT molecular complexity index is 494. The largest absolute Gasteiger partial charge is 0.293 e. The van der Waals surface area contributed by atoms with Crippen LogP contribution >= 0.6 is 0 Å². The maximum absolute atomic E-state index is 11.3. The monoisotopic (exact) mass is 231 g/mol. The molecule has 0 saturated heterocycles. The van der Waals surface area contributed by atoms with Gasteiger partial charge in [-0.15, -0.1) is 5.10 Å². The van der Waals surface area contributed by atoms with Crippen LogP contribution in [0.3, 0.4) is 0 Å². The van der Waals surface area contributed by atoms with Crippen molar-refractivity contribution in [2.24, 2.45) is 0 Å². The molecule has 2 rings (SSSR count). The van der Waals surface area contributed by atoms with E-state index in [0.29, 0.717) is 17.9 Å². The Balaban J connectivity index is 2.09. The summed E-state index contributed by atoms with van der Waals surface area (Å²) in [5, 5.41) is 9.25. The highest BCUT2D eigenvalue weighted by Gasteiger charge is 2.08. The molecule has 0 fully saturated rings. The number of hydrogen-bond acceptors (Lipinski definition) is 4. The van der Waals surface area contributed by atoms with Gasteiger partial charge in [0.05, 0.1) is 0 Å². The van der Waals surface area contributed by atoms with E-state index in [4.69, 9.17) is 0 Å². The van der Waals surface area contributed by atoms with Crippen molar-refractivity contribution in [3.05, 3.63) is 24.4 Å². The highest BCUT2D eigenvalue weighted by Crippen LogP contribution is 2.12. The van der Waals surface area contributed by atoms with Crippen molar-refractivity contribution in [1.29, 1.82) is 0 Å². The minimum absolute atomic E-state index is 0.0842. The highest BCUT2D eigenvalue weighted by molar-refractivity contribution is 5.88. The van der Waals surface area contributed by atoms with Crippen molar-refractivity contribution >= 4 is 11.9 Å². The average molecular weight is 231 g/mol. The van der Waals surface area contributed by atoms with Gasteiger partial charge in [0.25, 0.3) is 0 Å². The van der Waals surface area contributed by atoms with Crippen molar-refractivity contribution in [2.75, 3.05) is 5.32 Å². The summed E-state index contributed by atoms with van der Waals surface area (Å²) in [6.07, 6.45) is 2.93. The molecule has 0 aromatic carbocycles. The van der Waals surface area contributed by atoms with Gasteiger partial charge in [0.2, 0.25) is 11.9 Å². The number of anilines is 1. The third kappa shape index (κ3) is 2.87. The molecule has 0 saturated carbocycles. The lowest BCUT2D eigenvalue weighted by atomic mass is 10.3. The van der Waals surface area contributed by atoms with Gasteiger partial charge in [-0.3, -0.25) is 20.2 Å². The van der Waals surface area contributed by atoms with Crippen molar-refractivity contribution < 1.29 is 4.79 Å². The fraction of sp³-hybridized carbons (Fsp3) is 0.273. The van der Waals surface area contributed by atoms with E-state index in [1.807, 2.05) is 25.1 Å². The van der Waals surface area contributed by atoms with Gasteiger partial charge in [-0.05, 0) is 18.6 Å². The molecule has 1 amide bonds. The number of nitrogens with one attached hydrogen (secondary N) is 2. The molecule has 6 heteroatoms. The molecule has 0 aliphatic rings. The topological polar surface area (TPSA) is 83.6 Å². The number of nitrogens with zero attached hydrogens (tertiary/aromatic N) is 3. The molecule has 0 aliphatic heterocycles. The predicted octanol–water partition coefficient (Wildman–Crippen LogP) is 1.61. The summed E-state index contributed by atoms with van der Waals surface area (Å²) >= 11 is 0. The number of pyridine rings is 1. The Hall–Kier alpha value is -2.24. The Morgan fingerprint density at radius 2 is 2.35 bits per heavy atom. The van der Waals surface area contributed by atoms with Crippen molar-refractivity contribution in [3.63, 3.8) is 0 Å². The summed E-state index contributed by atoms with van der Waals surface area (Å²) in [5.41, 5.74) is 0.691. The summed E-state index contributed by atoms with van der Waals surface area (Å²) < 4.78 is 0. The lowest BCUT2D eigenvalue weighted by molar-refractivity contribution is -0.116. The smallest absolute Gasteiger partial charge is 0.249 e. The summed E-state index contributed by atoms with van der Waals surface area (Å²) in [4.78, 5) is 19.6. The molecule has 0 bridgehead atoms. The molecule has 0 radical (unpaired) electrons. The molecule has 0 unspecified atom stereocenters. The maximum Gasteiger partial charge on any atom is 0.249 e. The molecular formula is C11H13N5O. The fourth-order valence-corrected chi connectivity index (χ4v) is 1.35. The number of rotatable bonds is 4. The van der Waals surface area contributed by atoms with Crippen LogP contribution in [0.2, 0.25) is 0 Å². The summed E-state index contributed by atoms with van der Waals surface area (Å²) in [6, 6.07) is 5.50. The molecule has 17 heavy (non-hydrogen) atoms. The van der Waals surface area contributed by atoms with Crippen LogP contribution in [-0.2, 0) is 4.79 Å². The second kappa shape index (κ2) is 5.20. The molecule has 6 nitrogen and oxygen atoms in total. The van der Waals surface area contributed by atoms with Gasteiger partial charge in [0.1, 0.15) is 5.69 Å². The summed E-state index contributed by atoms with van der Waals surface area (Å²) in [6.45, 7) is 1.94. The van der Waals surface area contributed by atoms with Crippen LogP contribution in [0.1, 0.15) is 19.8 Å². The van der Waals surface area contributed by atoms with Gasteiger partial charge in [-0.1, -0.05) is 13.0 Å². The van der Waals surface area contributed by atoms with E-state index < -0.39 is 0 Å². The highest BCUT2D eigenvalue weighted by atomic mass is 16.1. The zero-order chi connectivity index (χ0) is 12.1. The Morgan fingerprint density at radius 1 is 1.47 bits per heavy atom. The first kappa shape index (κ1) is 11.3. The first-order chi connectivity index (χ1) is 8.29. The van der Waals surface area contributed by atoms with Crippen LogP contribution < -0.4 is 5.32 Å². The van der Waals surface area contributed by atoms with Gasteiger partial charge < -0.3 is 0 Å². The minimum Gasteiger partial charge on any atom is -0.293 e. The standard InChI is InChI=1S/C11H13N5O/c1-2-5-9(17)13-11-14-10(15-16-11)8-6-3-4-7-12-8/h3-4,6-7H,2,5H2,1H3,(H2,13,14,15,16,17). The maximum atomic E-state index is 11.3. The third-order valence-electron chi connectivity index (χ3n) is 2.12. The van der Waals surface area contributed by atoms with Crippen LogP contribution in [0.15, 0.2) is 24.4 Å². The SMILES string of the molecule is CCCC(=O)Nc1n[nH]c(-c2ccccn2)n1. The molecule has 2 N–H and O–H groups in total. The van der Waals surface area contributed by atoms with E-state index >= 15 is 0 Å². The van der Waals surface area contributed by atoms with Crippen LogP contribution in [0, 0.1) is 0 Å². The van der Waals surface area contributed by atoms with E-state index in [2.05, 4.69) is 25.5 Å². The number of aromatic nitrogens is 4. The molecular weight excluding hydrogens is 218 g/mol. The van der Waals surface area contributed by atoms with Gasteiger partial charge >= 0.3 is 0 Å². The number of carbonyl (C=O) groups excluding carboxylic acids is 1. The van der Waals surface area contributed by atoms with Crippen LogP contribution in [0.4, 0.5) is 5.95 Å². The second-order valence-electron chi connectivity index (χ2n) is 3.52. The fourth-order valence-electron chi connectivity index (χ4n) is 1.35. The van der Waals surface area contributed by atoms with Gasteiger partial charge in [0, 0.05) is 12.6 Å². The van der Waals surface area contributed by atoms with Gasteiger partial charge in [-0.2, -0.15) is 4.98 Å². The van der Waals surface area contributed by atoms with E-state index in [9.17, 15) is 4.79 Å². The van der Waals surface area contributed by atoms with Crippen LogP contribution in [0.5, 0.6) is 0 Å². The average Bonchev–Trinajstić information content (AvgIpc) is 2.79. The molecule has 2 aromatic rings. The number of H-pyrrole nitrogens is 1. The predicted molar refractivity (Wildman–Crippen MR) is 63.2 cm³/mol. The first-order valence-corrected chi connectivity index (χ1v) is 5.43. The Morgan fingerprint density at radius 3 is 3.06 bits per heavy atom. The van der Waals surface area contributed by atoms with Crippen molar-refractivity contribution in [1.82, 2.24) is 20.2 Å². The molecule has 2 aromatic heterocycles. The minimum atomic E-state index is -0.0842. The number of carbonyl (C=O) groups is 1. The van der Waals surface area contributed by atoms with Crippen LogP contribution in [0.25, 0.3) is 11.5 Å². The normalized spacial score (nSPS) is 10.2. The molecule has 0 spiro atoms.